The molecule has 0 aliphatic carbocycles. The SMILES string of the molecule is Nc1cc(-c2ccccn2)nc(C(F)(F)F)n1. The van der Waals surface area contributed by atoms with Gasteiger partial charge in [0.25, 0.3) is 0 Å². The summed E-state index contributed by atoms with van der Waals surface area (Å²) < 4.78 is 37.4. The van der Waals surface area contributed by atoms with E-state index in [0.29, 0.717) is 5.69 Å². The van der Waals surface area contributed by atoms with Crippen LogP contribution in [0.15, 0.2) is 30.5 Å². The van der Waals surface area contributed by atoms with E-state index in [4.69, 9.17) is 5.73 Å². The molecule has 2 rings (SSSR count). The number of alkyl halides is 3. The molecule has 88 valence electrons. The fourth-order valence-electron chi connectivity index (χ4n) is 1.24. The van der Waals surface area contributed by atoms with Gasteiger partial charge in [-0.3, -0.25) is 4.98 Å². The van der Waals surface area contributed by atoms with E-state index in [-0.39, 0.29) is 11.5 Å². The second-order valence-electron chi connectivity index (χ2n) is 3.21. The Balaban J connectivity index is 2.54. The maximum Gasteiger partial charge on any atom is 0.451 e. The van der Waals surface area contributed by atoms with Gasteiger partial charge in [0.2, 0.25) is 5.82 Å². The lowest BCUT2D eigenvalue weighted by Gasteiger charge is -2.07. The zero-order valence-corrected chi connectivity index (χ0v) is 8.44. The van der Waals surface area contributed by atoms with Crippen molar-refractivity contribution in [1.29, 1.82) is 0 Å². The predicted molar refractivity (Wildman–Crippen MR) is 54.7 cm³/mol. The fraction of sp³-hybridized carbons (Fsp3) is 0.100. The van der Waals surface area contributed by atoms with Crippen molar-refractivity contribution in [2.75, 3.05) is 5.73 Å². The molecule has 4 nitrogen and oxygen atoms in total. The third-order valence-corrected chi connectivity index (χ3v) is 1.93. The van der Waals surface area contributed by atoms with E-state index >= 15 is 0 Å². The van der Waals surface area contributed by atoms with Crippen LogP contribution >= 0.6 is 0 Å². The third kappa shape index (κ3) is 2.49. The summed E-state index contributed by atoms with van der Waals surface area (Å²) in [5.41, 5.74) is 5.67. The van der Waals surface area contributed by atoms with Gasteiger partial charge in [-0.05, 0) is 12.1 Å². The summed E-state index contributed by atoms with van der Waals surface area (Å²) in [6.07, 6.45) is -3.17. The van der Waals surface area contributed by atoms with Gasteiger partial charge in [0.05, 0.1) is 11.4 Å². The Bertz CT molecular complexity index is 525. The quantitative estimate of drug-likeness (QED) is 0.829. The summed E-state index contributed by atoms with van der Waals surface area (Å²) in [5, 5.41) is 0. The van der Waals surface area contributed by atoms with Crippen LogP contribution in [0.5, 0.6) is 0 Å². The summed E-state index contributed by atoms with van der Waals surface area (Å²) in [4.78, 5) is 10.4. The summed E-state index contributed by atoms with van der Waals surface area (Å²) in [7, 11) is 0. The minimum atomic E-state index is -4.63. The largest absolute Gasteiger partial charge is 0.451 e. The molecule has 2 aromatic heterocycles. The van der Waals surface area contributed by atoms with Gasteiger partial charge in [-0.25, -0.2) is 9.97 Å². The highest BCUT2D eigenvalue weighted by Gasteiger charge is 2.35. The molecule has 0 saturated heterocycles. The molecule has 2 heterocycles. The first-order valence-electron chi connectivity index (χ1n) is 4.60. The Morgan fingerprint density at radius 3 is 2.41 bits per heavy atom. The standard InChI is InChI=1S/C10H7F3N4/c11-10(12,13)9-16-7(5-8(14)17-9)6-3-1-2-4-15-6/h1-5H,(H2,14,16,17). The highest BCUT2D eigenvalue weighted by atomic mass is 19.4. The molecule has 0 saturated carbocycles. The van der Waals surface area contributed by atoms with E-state index in [9.17, 15) is 13.2 Å². The zero-order valence-electron chi connectivity index (χ0n) is 8.44. The molecule has 0 spiro atoms. The van der Waals surface area contributed by atoms with Gasteiger partial charge in [-0.15, -0.1) is 0 Å². The molecule has 0 unspecified atom stereocenters. The minimum Gasteiger partial charge on any atom is -0.384 e. The molecule has 17 heavy (non-hydrogen) atoms. The summed E-state index contributed by atoms with van der Waals surface area (Å²) in [5.74, 6) is -1.51. The number of halogens is 3. The van der Waals surface area contributed by atoms with E-state index in [1.807, 2.05) is 0 Å². The Kier molecular flexibility index (Phi) is 2.66. The first kappa shape index (κ1) is 11.3. The summed E-state index contributed by atoms with van der Waals surface area (Å²) in [6, 6.07) is 6.09. The highest BCUT2D eigenvalue weighted by molar-refractivity contribution is 5.57. The molecular formula is C10H7F3N4. The van der Waals surface area contributed by atoms with Gasteiger partial charge in [0.15, 0.2) is 0 Å². The van der Waals surface area contributed by atoms with Crippen LogP contribution in [0.3, 0.4) is 0 Å². The Hall–Kier alpha value is -2.18. The molecule has 0 aliphatic rings. The van der Waals surface area contributed by atoms with Gasteiger partial charge in [0, 0.05) is 12.3 Å². The first-order valence-corrected chi connectivity index (χ1v) is 4.60. The second kappa shape index (κ2) is 4.00. The maximum absolute atomic E-state index is 12.5. The average molecular weight is 240 g/mol. The van der Waals surface area contributed by atoms with Crippen molar-refractivity contribution in [3.05, 3.63) is 36.3 Å². The predicted octanol–water partition coefficient (Wildman–Crippen LogP) is 2.14. The number of nitrogens with two attached hydrogens (primary N) is 1. The lowest BCUT2D eigenvalue weighted by molar-refractivity contribution is -0.144. The number of nitrogen functional groups attached to an aromatic ring is 1. The molecule has 0 radical (unpaired) electrons. The average Bonchev–Trinajstić information content (AvgIpc) is 2.28. The van der Waals surface area contributed by atoms with Crippen LogP contribution in [0.1, 0.15) is 5.82 Å². The first-order chi connectivity index (χ1) is 7.97. The van der Waals surface area contributed by atoms with Crippen molar-refractivity contribution < 1.29 is 13.2 Å². The summed E-state index contributed by atoms with van der Waals surface area (Å²) in [6.45, 7) is 0. The van der Waals surface area contributed by atoms with E-state index in [0.717, 1.165) is 0 Å². The minimum absolute atomic E-state index is 0.0467. The van der Waals surface area contributed by atoms with Crippen molar-refractivity contribution in [1.82, 2.24) is 15.0 Å². The number of aromatic nitrogens is 3. The smallest absolute Gasteiger partial charge is 0.384 e. The van der Waals surface area contributed by atoms with E-state index in [1.165, 1.54) is 12.3 Å². The summed E-state index contributed by atoms with van der Waals surface area (Å²) >= 11 is 0. The molecule has 2 aromatic rings. The van der Waals surface area contributed by atoms with E-state index < -0.39 is 12.0 Å². The van der Waals surface area contributed by atoms with Crippen LogP contribution in [0, 0.1) is 0 Å². The molecule has 0 fully saturated rings. The van der Waals surface area contributed by atoms with Crippen LogP contribution in [-0.2, 0) is 6.18 Å². The zero-order chi connectivity index (χ0) is 12.5. The molecule has 0 aromatic carbocycles. The van der Waals surface area contributed by atoms with E-state index in [1.54, 1.807) is 18.2 Å². The number of rotatable bonds is 1. The van der Waals surface area contributed by atoms with Gasteiger partial charge < -0.3 is 5.73 Å². The lowest BCUT2D eigenvalue weighted by Crippen LogP contribution is -2.13. The molecule has 0 amide bonds. The molecule has 0 aliphatic heterocycles. The fourth-order valence-corrected chi connectivity index (χ4v) is 1.24. The molecule has 0 atom stereocenters. The van der Waals surface area contributed by atoms with Crippen molar-refractivity contribution in [3.63, 3.8) is 0 Å². The van der Waals surface area contributed by atoms with Crippen LogP contribution < -0.4 is 5.73 Å². The van der Waals surface area contributed by atoms with Gasteiger partial charge in [0.1, 0.15) is 5.82 Å². The Morgan fingerprint density at radius 1 is 1.06 bits per heavy atom. The number of hydrogen-bond donors (Lipinski definition) is 1. The number of hydrogen-bond acceptors (Lipinski definition) is 4. The van der Waals surface area contributed by atoms with Crippen molar-refractivity contribution in [2.45, 2.75) is 6.18 Å². The molecule has 2 N–H and O–H groups in total. The number of pyridine rings is 1. The normalized spacial score (nSPS) is 11.5. The maximum atomic E-state index is 12.5. The Labute approximate surface area is 94.3 Å². The van der Waals surface area contributed by atoms with Crippen LogP contribution in [0.2, 0.25) is 0 Å². The number of nitrogens with zero attached hydrogens (tertiary/aromatic N) is 3. The Morgan fingerprint density at radius 2 is 1.82 bits per heavy atom. The van der Waals surface area contributed by atoms with Crippen LogP contribution in [0.25, 0.3) is 11.4 Å². The topological polar surface area (TPSA) is 64.7 Å². The second-order valence-corrected chi connectivity index (χ2v) is 3.21. The molecular weight excluding hydrogens is 233 g/mol. The number of anilines is 1. The monoisotopic (exact) mass is 240 g/mol. The van der Waals surface area contributed by atoms with Gasteiger partial charge in [-0.1, -0.05) is 6.07 Å². The molecule has 7 heteroatoms. The van der Waals surface area contributed by atoms with Crippen molar-refractivity contribution in [3.8, 4) is 11.4 Å². The highest BCUT2D eigenvalue weighted by Crippen LogP contribution is 2.28. The van der Waals surface area contributed by atoms with Crippen LogP contribution in [0.4, 0.5) is 19.0 Å². The van der Waals surface area contributed by atoms with E-state index in [2.05, 4.69) is 15.0 Å². The third-order valence-electron chi connectivity index (χ3n) is 1.93. The van der Waals surface area contributed by atoms with Crippen molar-refractivity contribution in [2.24, 2.45) is 0 Å². The van der Waals surface area contributed by atoms with Crippen LogP contribution in [-0.4, -0.2) is 15.0 Å². The van der Waals surface area contributed by atoms with Crippen molar-refractivity contribution >= 4 is 5.82 Å². The van der Waals surface area contributed by atoms with Gasteiger partial charge >= 0.3 is 6.18 Å². The molecule has 0 bridgehead atoms. The van der Waals surface area contributed by atoms with Gasteiger partial charge in [-0.2, -0.15) is 13.2 Å². The lowest BCUT2D eigenvalue weighted by atomic mass is 10.2.